The molecule has 1 saturated heterocycles. The van der Waals surface area contributed by atoms with Crippen molar-refractivity contribution in [2.24, 2.45) is 0 Å². The molecule has 0 radical (unpaired) electrons. The standard InChI is InChI=1S/C36H68O5S2Si/c1-12-13-17-21-32(39-31(8)37)33(41-44(28(2)3,29(4)5)30(6)7)23-25-36(42-26-20-27-43-36)24-19-16-14-15-18-22-34(38)40-35(9,10)11/h23,25,28-30,32-33H,12-22,24,26-27H2,1-11H3/t32-,33+/m0/s1. The Morgan fingerprint density at radius 1 is 0.864 bits per heavy atom. The molecule has 5 nitrogen and oxygen atoms in total. The topological polar surface area (TPSA) is 61.8 Å². The Balaban J connectivity index is 3.11. The number of unbranched alkanes of at least 4 members (excludes halogenated alkanes) is 6. The molecule has 0 aliphatic carbocycles. The van der Waals surface area contributed by atoms with Gasteiger partial charge in [-0.05, 0) is 81.0 Å². The van der Waals surface area contributed by atoms with Crippen molar-refractivity contribution in [2.75, 3.05) is 11.5 Å². The van der Waals surface area contributed by atoms with Crippen molar-refractivity contribution in [1.29, 1.82) is 0 Å². The lowest BCUT2D eigenvalue weighted by atomic mass is 10.0. The van der Waals surface area contributed by atoms with Crippen LogP contribution in [0.5, 0.6) is 0 Å². The van der Waals surface area contributed by atoms with Crippen LogP contribution in [0, 0.1) is 0 Å². The summed E-state index contributed by atoms with van der Waals surface area (Å²) < 4.78 is 18.9. The number of hydrogen-bond donors (Lipinski definition) is 0. The molecular weight excluding hydrogens is 605 g/mol. The average Bonchev–Trinajstić information content (AvgIpc) is 2.91. The predicted octanol–water partition coefficient (Wildman–Crippen LogP) is 11.3. The van der Waals surface area contributed by atoms with Crippen molar-refractivity contribution in [1.82, 2.24) is 0 Å². The van der Waals surface area contributed by atoms with Crippen molar-refractivity contribution in [3.8, 4) is 0 Å². The van der Waals surface area contributed by atoms with Crippen molar-refractivity contribution in [3.05, 3.63) is 12.2 Å². The number of esters is 2. The molecule has 1 aliphatic heterocycles. The number of carbonyl (C=O) groups is 2. The third-order valence-electron chi connectivity index (χ3n) is 8.67. The summed E-state index contributed by atoms with van der Waals surface area (Å²) in [6.07, 6.45) is 16.7. The minimum atomic E-state index is -2.22. The highest BCUT2D eigenvalue weighted by molar-refractivity contribution is 8.19. The second-order valence-corrected chi connectivity index (χ2v) is 23.1. The normalized spacial score (nSPS) is 17.4. The van der Waals surface area contributed by atoms with E-state index in [0.717, 1.165) is 57.8 Å². The lowest BCUT2D eigenvalue weighted by Crippen LogP contribution is -2.52. The van der Waals surface area contributed by atoms with Crippen LogP contribution in [-0.4, -0.2) is 53.6 Å². The minimum Gasteiger partial charge on any atom is -0.460 e. The van der Waals surface area contributed by atoms with Gasteiger partial charge in [-0.15, -0.1) is 23.5 Å². The van der Waals surface area contributed by atoms with Crippen LogP contribution in [0.3, 0.4) is 0 Å². The molecule has 44 heavy (non-hydrogen) atoms. The van der Waals surface area contributed by atoms with Crippen LogP contribution in [0.2, 0.25) is 16.6 Å². The monoisotopic (exact) mass is 672 g/mol. The fourth-order valence-corrected chi connectivity index (χ4v) is 15.4. The van der Waals surface area contributed by atoms with E-state index < -0.39 is 13.9 Å². The molecule has 1 fully saturated rings. The van der Waals surface area contributed by atoms with Crippen molar-refractivity contribution < 1.29 is 23.5 Å². The quantitative estimate of drug-likeness (QED) is 0.0520. The molecule has 0 aromatic rings. The van der Waals surface area contributed by atoms with Gasteiger partial charge in [0, 0.05) is 13.3 Å². The molecule has 0 unspecified atom stereocenters. The Hall–Kier alpha value is -0.443. The lowest BCUT2D eigenvalue weighted by Gasteiger charge is -2.45. The number of carbonyl (C=O) groups excluding carboxylic acids is 2. The molecule has 0 bridgehead atoms. The van der Waals surface area contributed by atoms with E-state index in [4.69, 9.17) is 13.9 Å². The van der Waals surface area contributed by atoms with E-state index in [9.17, 15) is 9.59 Å². The maximum absolute atomic E-state index is 12.4. The van der Waals surface area contributed by atoms with Gasteiger partial charge in [0.25, 0.3) is 0 Å². The SMILES string of the molecule is CCCCC[C@H](OC(C)=O)[C@@H](C=CC1(CCCCCCCC(=O)OC(C)(C)C)SCCCS1)O[Si](C(C)C)(C(C)C)C(C)C. The first kappa shape index (κ1) is 41.6. The van der Waals surface area contributed by atoms with Gasteiger partial charge in [-0.2, -0.15) is 0 Å². The summed E-state index contributed by atoms with van der Waals surface area (Å²) in [6.45, 7) is 23.5. The third-order valence-corrected chi connectivity index (χ3v) is 18.1. The van der Waals surface area contributed by atoms with Crippen LogP contribution in [0.25, 0.3) is 0 Å². The largest absolute Gasteiger partial charge is 0.460 e. The van der Waals surface area contributed by atoms with Crippen molar-refractivity contribution in [2.45, 2.75) is 192 Å². The lowest BCUT2D eigenvalue weighted by molar-refractivity contribution is -0.155. The number of rotatable bonds is 21. The molecule has 1 aliphatic rings. The second kappa shape index (κ2) is 20.7. The molecule has 0 saturated carbocycles. The summed E-state index contributed by atoms with van der Waals surface area (Å²) >= 11 is 4.15. The smallest absolute Gasteiger partial charge is 0.306 e. The summed E-state index contributed by atoms with van der Waals surface area (Å²) in [5.74, 6) is 2.04. The Kier molecular flexibility index (Phi) is 19.6. The highest BCUT2D eigenvalue weighted by Crippen LogP contribution is 2.48. The Labute approximate surface area is 281 Å². The highest BCUT2D eigenvalue weighted by Gasteiger charge is 2.48. The van der Waals surface area contributed by atoms with Crippen LogP contribution in [0.1, 0.15) is 153 Å². The molecule has 0 N–H and O–H groups in total. The first-order valence-corrected chi connectivity index (χ1v) is 21.7. The van der Waals surface area contributed by atoms with Gasteiger partial charge in [0.15, 0.2) is 0 Å². The van der Waals surface area contributed by atoms with Gasteiger partial charge in [0.1, 0.15) is 17.8 Å². The summed E-state index contributed by atoms with van der Waals surface area (Å²) in [6, 6.07) is 0. The van der Waals surface area contributed by atoms with E-state index in [2.05, 4.69) is 84.1 Å². The number of ether oxygens (including phenoxy) is 2. The molecule has 1 heterocycles. The zero-order valence-electron chi connectivity index (χ0n) is 30.3. The molecule has 8 heteroatoms. The van der Waals surface area contributed by atoms with Gasteiger partial charge in [-0.25, -0.2) is 0 Å². The maximum atomic E-state index is 12.4. The average molecular weight is 673 g/mol. The van der Waals surface area contributed by atoms with Crippen molar-refractivity contribution in [3.63, 3.8) is 0 Å². The molecule has 0 aromatic carbocycles. The maximum Gasteiger partial charge on any atom is 0.306 e. The molecule has 2 atom stereocenters. The molecule has 0 spiro atoms. The molecule has 0 amide bonds. The van der Waals surface area contributed by atoms with Crippen LogP contribution < -0.4 is 0 Å². The Bertz CT molecular complexity index is 824. The summed E-state index contributed by atoms with van der Waals surface area (Å²) in [5.41, 5.74) is 0.952. The third kappa shape index (κ3) is 15.0. The second-order valence-electron chi connectivity index (χ2n) is 14.6. The Morgan fingerprint density at radius 2 is 1.43 bits per heavy atom. The summed E-state index contributed by atoms with van der Waals surface area (Å²) in [4.78, 5) is 24.4. The molecule has 0 aromatic heterocycles. The van der Waals surface area contributed by atoms with E-state index in [-0.39, 0.29) is 28.2 Å². The van der Waals surface area contributed by atoms with Crippen LogP contribution in [0.15, 0.2) is 12.2 Å². The van der Waals surface area contributed by atoms with E-state index in [1.54, 1.807) is 0 Å². The van der Waals surface area contributed by atoms with Crippen LogP contribution in [-0.2, 0) is 23.5 Å². The zero-order chi connectivity index (χ0) is 33.4. The van der Waals surface area contributed by atoms with Gasteiger partial charge < -0.3 is 13.9 Å². The Morgan fingerprint density at radius 3 is 1.95 bits per heavy atom. The zero-order valence-corrected chi connectivity index (χ0v) is 32.9. The first-order valence-electron chi connectivity index (χ1n) is 17.6. The molecular formula is C36H68O5S2Si. The predicted molar refractivity (Wildman–Crippen MR) is 195 cm³/mol. The van der Waals surface area contributed by atoms with E-state index in [0.29, 0.717) is 23.0 Å². The minimum absolute atomic E-state index is 0.0261. The van der Waals surface area contributed by atoms with Gasteiger partial charge in [-0.3, -0.25) is 9.59 Å². The van der Waals surface area contributed by atoms with Gasteiger partial charge in [-0.1, -0.05) is 99.1 Å². The fourth-order valence-electron chi connectivity index (χ4n) is 6.70. The van der Waals surface area contributed by atoms with E-state index in [1.165, 1.54) is 31.3 Å². The molecule has 1 rings (SSSR count). The van der Waals surface area contributed by atoms with Crippen LogP contribution in [0.4, 0.5) is 0 Å². The van der Waals surface area contributed by atoms with E-state index in [1.807, 2.05) is 20.8 Å². The first-order chi connectivity index (χ1) is 20.6. The molecule has 258 valence electrons. The van der Waals surface area contributed by atoms with E-state index >= 15 is 0 Å². The van der Waals surface area contributed by atoms with Crippen molar-refractivity contribution >= 4 is 43.8 Å². The van der Waals surface area contributed by atoms with Crippen LogP contribution >= 0.6 is 23.5 Å². The number of hydrogen-bond acceptors (Lipinski definition) is 7. The summed E-state index contributed by atoms with van der Waals surface area (Å²) in [7, 11) is -2.22. The van der Waals surface area contributed by atoms with Gasteiger partial charge in [0.05, 0.1) is 4.08 Å². The van der Waals surface area contributed by atoms with Gasteiger partial charge >= 0.3 is 11.9 Å². The highest BCUT2D eigenvalue weighted by atomic mass is 32.2. The number of thioether (sulfide) groups is 2. The summed E-state index contributed by atoms with van der Waals surface area (Å²) in [5, 5.41) is 0. The van der Waals surface area contributed by atoms with Gasteiger partial charge in [0.2, 0.25) is 8.32 Å². The fraction of sp³-hybridized carbons (Fsp3) is 0.889.